The van der Waals surface area contributed by atoms with E-state index in [4.69, 9.17) is 11.6 Å². The Hall–Kier alpha value is -0.580. The fourth-order valence-electron chi connectivity index (χ4n) is 1.54. The lowest BCUT2D eigenvalue weighted by molar-refractivity contribution is 0.0952. The van der Waals surface area contributed by atoms with Gasteiger partial charge in [0.1, 0.15) is 0 Å². The van der Waals surface area contributed by atoms with Gasteiger partial charge in [0.25, 0.3) is 5.91 Å². The van der Waals surface area contributed by atoms with Gasteiger partial charge in [-0.1, -0.05) is 27.5 Å². The highest BCUT2D eigenvalue weighted by Crippen LogP contribution is 2.19. The summed E-state index contributed by atoms with van der Waals surface area (Å²) >= 11 is 9.22. The normalized spacial score (nSPS) is 10.7. The molecule has 0 saturated heterocycles. The van der Waals surface area contributed by atoms with E-state index in [2.05, 4.69) is 26.1 Å². The van der Waals surface area contributed by atoms with Gasteiger partial charge in [-0.2, -0.15) is 0 Å². The van der Waals surface area contributed by atoms with E-state index in [1.807, 2.05) is 14.1 Å². The monoisotopic (exact) mass is 332 g/mol. The van der Waals surface area contributed by atoms with Crippen LogP contribution in [0.25, 0.3) is 0 Å². The third-order valence-corrected chi connectivity index (χ3v) is 3.12. The second-order valence-corrected chi connectivity index (χ2v) is 5.78. The maximum atomic E-state index is 11.8. The highest BCUT2D eigenvalue weighted by Gasteiger charge is 2.06. The van der Waals surface area contributed by atoms with Crippen molar-refractivity contribution in [2.75, 3.05) is 27.2 Å². The lowest BCUT2D eigenvalue weighted by Crippen LogP contribution is -2.25. The van der Waals surface area contributed by atoms with Crippen molar-refractivity contribution in [2.45, 2.75) is 12.8 Å². The van der Waals surface area contributed by atoms with E-state index in [0.717, 1.165) is 23.9 Å². The Morgan fingerprint density at radius 2 is 2.06 bits per heavy atom. The second-order valence-electron chi connectivity index (χ2n) is 4.42. The molecule has 100 valence electrons. The van der Waals surface area contributed by atoms with Gasteiger partial charge in [0.2, 0.25) is 0 Å². The molecule has 1 aromatic carbocycles. The maximum absolute atomic E-state index is 11.8. The number of nitrogens with one attached hydrogen (secondary N) is 1. The van der Waals surface area contributed by atoms with Gasteiger partial charge in [0, 0.05) is 21.6 Å². The molecule has 0 aliphatic carbocycles. The lowest BCUT2D eigenvalue weighted by Gasteiger charge is -2.09. The summed E-state index contributed by atoms with van der Waals surface area (Å²) < 4.78 is 0.813. The first-order valence-electron chi connectivity index (χ1n) is 5.88. The first-order valence-corrected chi connectivity index (χ1v) is 7.05. The maximum Gasteiger partial charge on any atom is 0.251 e. The highest BCUT2D eigenvalue weighted by atomic mass is 79.9. The molecule has 0 aliphatic rings. The molecule has 0 spiro atoms. The molecule has 0 bridgehead atoms. The van der Waals surface area contributed by atoms with Gasteiger partial charge in [-0.3, -0.25) is 4.79 Å². The van der Waals surface area contributed by atoms with Crippen LogP contribution < -0.4 is 5.32 Å². The third-order valence-electron chi connectivity index (χ3n) is 2.44. The number of unbranched alkanes of at least 4 members (excludes halogenated alkanes) is 1. The van der Waals surface area contributed by atoms with Crippen LogP contribution in [0, 0.1) is 0 Å². The Kier molecular flexibility index (Phi) is 6.68. The standard InChI is InChI=1S/C13H18BrClN2O/c1-17(2)6-4-3-5-16-13(18)10-7-11(14)9-12(15)8-10/h7-9H,3-6H2,1-2H3,(H,16,18). The molecule has 0 atom stereocenters. The minimum Gasteiger partial charge on any atom is -0.352 e. The molecule has 5 heteroatoms. The summed E-state index contributed by atoms with van der Waals surface area (Å²) in [5.41, 5.74) is 0.585. The van der Waals surface area contributed by atoms with Crippen LogP contribution in [-0.4, -0.2) is 38.0 Å². The molecule has 1 amide bonds. The summed E-state index contributed by atoms with van der Waals surface area (Å²) in [6.07, 6.45) is 2.05. The number of benzene rings is 1. The third kappa shape index (κ3) is 5.85. The summed E-state index contributed by atoms with van der Waals surface area (Å²) in [6.45, 7) is 1.73. The van der Waals surface area contributed by atoms with E-state index in [9.17, 15) is 4.79 Å². The van der Waals surface area contributed by atoms with Crippen molar-refractivity contribution in [1.82, 2.24) is 10.2 Å². The molecule has 0 aliphatic heterocycles. The first-order chi connectivity index (χ1) is 8.49. The average Bonchev–Trinajstić information content (AvgIpc) is 2.26. The van der Waals surface area contributed by atoms with E-state index in [1.54, 1.807) is 18.2 Å². The molecule has 0 saturated carbocycles. The van der Waals surface area contributed by atoms with Crippen molar-refractivity contribution in [3.8, 4) is 0 Å². The van der Waals surface area contributed by atoms with Crippen LogP contribution >= 0.6 is 27.5 Å². The van der Waals surface area contributed by atoms with Crippen molar-refractivity contribution in [2.24, 2.45) is 0 Å². The smallest absolute Gasteiger partial charge is 0.251 e. The van der Waals surface area contributed by atoms with Crippen LogP contribution in [0.5, 0.6) is 0 Å². The number of nitrogens with zero attached hydrogens (tertiary/aromatic N) is 1. The van der Waals surface area contributed by atoms with Crippen molar-refractivity contribution in [3.63, 3.8) is 0 Å². The Balaban J connectivity index is 2.36. The van der Waals surface area contributed by atoms with Crippen LogP contribution in [0.2, 0.25) is 5.02 Å². The van der Waals surface area contributed by atoms with Gasteiger partial charge in [-0.15, -0.1) is 0 Å². The average molecular weight is 334 g/mol. The predicted octanol–water partition coefficient (Wildman–Crippen LogP) is 3.17. The van der Waals surface area contributed by atoms with Gasteiger partial charge in [-0.05, 0) is 51.7 Å². The summed E-state index contributed by atoms with van der Waals surface area (Å²) in [5.74, 6) is -0.0805. The molecule has 1 rings (SSSR count). The van der Waals surface area contributed by atoms with Crippen LogP contribution in [0.4, 0.5) is 0 Å². The highest BCUT2D eigenvalue weighted by molar-refractivity contribution is 9.10. The molecule has 0 fully saturated rings. The van der Waals surface area contributed by atoms with Crippen LogP contribution in [0.1, 0.15) is 23.2 Å². The zero-order valence-electron chi connectivity index (χ0n) is 10.7. The van der Waals surface area contributed by atoms with Gasteiger partial charge >= 0.3 is 0 Å². The Morgan fingerprint density at radius 3 is 2.67 bits per heavy atom. The molecular formula is C13H18BrClN2O. The van der Waals surface area contributed by atoms with E-state index >= 15 is 0 Å². The summed E-state index contributed by atoms with van der Waals surface area (Å²) in [6, 6.07) is 5.19. The van der Waals surface area contributed by atoms with E-state index < -0.39 is 0 Å². The molecule has 0 unspecified atom stereocenters. The molecule has 0 heterocycles. The van der Waals surface area contributed by atoms with E-state index in [0.29, 0.717) is 17.1 Å². The number of amides is 1. The zero-order valence-corrected chi connectivity index (χ0v) is 13.0. The minimum absolute atomic E-state index is 0.0805. The summed E-state index contributed by atoms with van der Waals surface area (Å²) in [4.78, 5) is 14.0. The Morgan fingerprint density at radius 1 is 1.33 bits per heavy atom. The minimum atomic E-state index is -0.0805. The second kappa shape index (κ2) is 7.77. The molecule has 18 heavy (non-hydrogen) atoms. The number of hydrogen-bond acceptors (Lipinski definition) is 2. The van der Waals surface area contributed by atoms with E-state index in [-0.39, 0.29) is 5.91 Å². The van der Waals surface area contributed by atoms with Crippen molar-refractivity contribution in [1.29, 1.82) is 0 Å². The number of rotatable bonds is 6. The molecule has 1 N–H and O–H groups in total. The fourth-order valence-corrected chi connectivity index (χ4v) is 2.40. The van der Waals surface area contributed by atoms with Crippen molar-refractivity contribution >= 4 is 33.4 Å². The quantitative estimate of drug-likeness (QED) is 0.811. The SMILES string of the molecule is CN(C)CCCCNC(=O)c1cc(Cl)cc(Br)c1. The van der Waals surface area contributed by atoms with Gasteiger partial charge < -0.3 is 10.2 Å². The van der Waals surface area contributed by atoms with Crippen molar-refractivity contribution < 1.29 is 4.79 Å². The number of hydrogen-bond donors (Lipinski definition) is 1. The van der Waals surface area contributed by atoms with Gasteiger partial charge in [0.05, 0.1) is 0 Å². The molecule has 3 nitrogen and oxygen atoms in total. The van der Waals surface area contributed by atoms with Gasteiger partial charge in [-0.25, -0.2) is 0 Å². The number of carbonyl (C=O) groups is 1. The van der Waals surface area contributed by atoms with Crippen LogP contribution in [0.15, 0.2) is 22.7 Å². The molecule has 1 aromatic rings. The predicted molar refractivity (Wildman–Crippen MR) is 79.3 cm³/mol. The Bertz CT molecular complexity index is 390. The summed E-state index contributed by atoms with van der Waals surface area (Å²) in [7, 11) is 4.09. The number of halogens is 2. The van der Waals surface area contributed by atoms with Crippen molar-refractivity contribution in [3.05, 3.63) is 33.3 Å². The van der Waals surface area contributed by atoms with Crippen LogP contribution in [-0.2, 0) is 0 Å². The zero-order chi connectivity index (χ0) is 13.5. The largest absolute Gasteiger partial charge is 0.352 e. The number of carbonyl (C=O) groups excluding carboxylic acids is 1. The van der Waals surface area contributed by atoms with Gasteiger partial charge in [0.15, 0.2) is 0 Å². The fraction of sp³-hybridized carbons (Fsp3) is 0.462. The molecule has 0 aromatic heterocycles. The lowest BCUT2D eigenvalue weighted by atomic mass is 10.2. The van der Waals surface area contributed by atoms with Crippen LogP contribution in [0.3, 0.4) is 0 Å². The molecule has 0 radical (unpaired) electrons. The first kappa shape index (κ1) is 15.5. The topological polar surface area (TPSA) is 32.3 Å². The Labute approximate surface area is 122 Å². The van der Waals surface area contributed by atoms with E-state index in [1.165, 1.54) is 0 Å². The molecular weight excluding hydrogens is 316 g/mol. The summed E-state index contributed by atoms with van der Waals surface area (Å²) in [5, 5.41) is 3.45.